The van der Waals surface area contributed by atoms with Gasteiger partial charge in [0, 0.05) is 0 Å². The van der Waals surface area contributed by atoms with Gasteiger partial charge < -0.3 is 19.2 Å². The minimum atomic E-state index is -5.39. The van der Waals surface area contributed by atoms with E-state index in [-0.39, 0.29) is 62.2 Å². The third-order valence-electron chi connectivity index (χ3n) is 0. The Bertz CT molecular complexity index is 64.7. The fourth-order valence-corrected chi connectivity index (χ4v) is 0. The Morgan fingerprint density at radius 1 is 1.00 bits per heavy atom. The van der Waals surface area contributed by atoms with Gasteiger partial charge in [0.1, 0.15) is 0 Å². The summed E-state index contributed by atoms with van der Waals surface area (Å²) in [7, 11) is -5.39. The summed E-state index contributed by atoms with van der Waals surface area (Å²) in [5.41, 5.74) is 0. The molecule has 0 amide bonds. The molecule has 0 rings (SSSR count). The molecule has 0 saturated heterocycles. The zero-order valence-electron chi connectivity index (χ0n) is 4.96. The quantitative estimate of drug-likeness (QED) is 0.270. The van der Waals surface area contributed by atoms with Gasteiger partial charge in [-0.2, -0.15) is 7.82 Å². The Morgan fingerprint density at radius 3 is 1.00 bits per heavy atom. The summed E-state index contributed by atoms with van der Waals surface area (Å²) < 4.78 is 8.55. The number of phosphoric acid groups is 1. The molecule has 9 heavy (non-hydrogen) atoms. The van der Waals surface area contributed by atoms with Gasteiger partial charge in [0.2, 0.25) is 0 Å². The summed E-state index contributed by atoms with van der Waals surface area (Å²) in [6.07, 6.45) is 0. The molecule has 0 aliphatic rings. The summed E-state index contributed by atoms with van der Waals surface area (Å²) in [5.74, 6) is 0. The van der Waals surface area contributed by atoms with E-state index in [0.29, 0.717) is 0 Å². The molecule has 4 nitrogen and oxygen atoms in total. The van der Waals surface area contributed by atoms with Gasteiger partial charge in [0.05, 0.1) is 0 Å². The van der Waals surface area contributed by atoms with Crippen molar-refractivity contribution in [1.29, 1.82) is 0 Å². The van der Waals surface area contributed by atoms with Crippen LogP contribution in [0.25, 0.3) is 0 Å². The van der Waals surface area contributed by atoms with Crippen LogP contribution < -0.4 is 52.4 Å². The van der Waals surface area contributed by atoms with E-state index in [2.05, 4.69) is 0 Å². The molecule has 0 saturated carbocycles. The van der Waals surface area contributed by atoms with Crippen LogP contribution in [-0.4, -0.2) is 0 Å². The molecule has 37 valence electrons. The van der Waals surface area contributed by atoms with E-state index in [1.165, 1.54) is 0 Å². The van der Waals surface area contributed by atoms with Crippen molar-refractivity contribution in [2.45, 2.75) is 0 Å². The summed E-state index contributed by atoms with van der Waals surface area (Å²) in [6, 6.07) is 0. The maximum absolute atomic E-state index is 8.55. The summed E-state index contributed by atoms with van der Waals surface area (Å²) in [4.78, 5) is 25.6. The molecular formula is CLi2MnO4P+5. The third kappa shape index (κ3) is 181. The molecule has 0 fully saturated rings. The van der Waals surface area contributed by atoms with Crippen molar-refractivity contribution in [3.05, 3.63) is 7.43 Å². The SMILES string of the molecule is O=P([O-])([O-])[O-].[C+4].[Li+].[Li+].[Mn+2]. The molecule has 0 spiro atoms. The van der Waals surface area contributed by atoms with Crippen LogP contribution >= 0.6 is 7.82 Å². The van der Waals surface area contributed by atoms with Gasteiger partial charge in [-0.15, -0.1) is 0 Å². The number of hydrogen-bond acceptors (Lipinski definition) is 4. The van der Waals surface area contributed by atoms with E-state index in [9.17, 15) is 0 Å². The molecule has 0 aromatic rings. The Labute approximate surface area is 88.9 Å². The molecule has 0 aliphatic heterocycles. The Hall–Kier alpha value is 1.82. The molecule has 0 bridgehead atoms. The van der Waals surface area contributed by atoms with Crippen LogP contribution in [0.1, 0.15) is 0 Å². The molecule has 0 aromatic heterocycles. The molecule has 0 N–H and O–H groups in total. The molecule has 0 unspecified atom stereocenters. The van der Waals surface area contributed by atoms with Crippen molar-refractivity contribution in [2.75, 3.05) is 0 Å². The molecule has 1 radical (unpaired) electrons. The fourth-order valence-electron chi connectivity index (χ4n) is 0. The summed E-state index contributed by atoms with van der Waals surface area (Å²) in [6.45, 7) is 0. The average Bonchev–Trinajstić information content (AvgIpc) is 0.722. The smallest absolute Gasteiger partial charge is 0.822 e. The first-order valence-corrected chi connectivity index (χ1v) is 2.19. The van der Waals surface area contributed by atoms with Crippen LogP contribution in [0.4, 0.5) is 0 Å². The van der Waals surface area contributed by atoms with E-state index >= 15 is 0 Å². The Kier molecular flexibility index (Phi) is 42.8. The van der Waals surface area contributed by atoms with E-state index < -0.39 is 7.82 Å². The standard InChI is InChI=1S/C.2Li.Mn.H3O4P/c;;;;1-5(2,3)4/h;;;;(H3,1,2,3,4)/q+4;2*+1;+2;/p-3. The number of rotatable bonds is 0. The van der Waals surface area contributed by atoms with Gasteiger partial charge in [0.15, 0.2) is 0 Å². The fraction of sp³-hybridized carbons (Fsp3) is 0. The van der Waals surface area contributed by atoms with Crippen LogP contribution in [0, 0.1) is 7.43 Å². The van der Waals surface area contributed by atoms with Gasteiger partial charge in [-0.25, -0.2) is 0 Å². The predicted octanol–water partition coefficient (Wildman–Crippen LogP) is -8.74. The van der Waals surface area contributed by atoms with Gasteiger partial charge in [-0.1, -0.05) is 0 Å². The molecule has 8 heteroatoms. The van der Waals surface area contributed by atoms with Crippen molar-refractivity contribution >= 4 is 7.82 Å². The molecule has 0 atom stereocenters. The van der Waals surface area contributed by atoms with Crippen molar-refractivity contribution in [3.8, 4) is 0 Å². The second-order valence-corrected chi connectivity index (χ2v) is 1.34. The van der Waals surface area contributed by atoms with Gasteiger partial charge in [-0.05, 0) is 0 Å². The first-order valence-electron chi connectivity index (χ1n) is 0.730. The Balaban J connectivity index is -0.0000000133. The molecule has 0 aliphatic carbocycles. The number of hydrogen-bond donors (Lipinski definition) is 0. The monoisotopic (exact) mass is 176 g/mol. The zero-order valence-corrected chi connectivity index (χ0v) is 7.03. The molecule has 0 heterocycles. The summed E-state index contributed by atoms with van der Waals surface area (Å²) in [5, 5.41) is 0. The molecular weight excluding hydrogens is 176 g/mol. The van der Waals surface area contributed by atoms with Crippen molar-refractivity contribution < 1.29 is 74.0 Å². The average molecular weight is 176 g/mol. The van der Waals surface area contributed by atoms with Crippen LogP contribution in [0.2, 0.25) is 0 Å². The van der Waals surface area contributed by atoms with Crippen LogP contribution in [0.3, 0.4) is 0 Å². The van der Waals surface area contributed by atoms with Crippen molar-refractivity contribution in [2.24, 2.45) is 0 Å². The predicted molar refractivity (Wildman–Crippen MR) is 10.8 cm³/mol. The maximum atomic E-state index is 8.55. The zero-order chi connectivity index (χ0) is 4.50. The van der Waals surface area contributed by atoms with Crippen molar-refractivity contribution in [3.63, 3.8) is 0 Å². The van der Waals surface area contributed by atoms with E-state index in [4.69, 9.17) is 19.2 Å². The van der Waals surface area contributed by atoms with Crippen LogP contribution in [0.15, 0.2) is 0 Å². The maximum Gasteiger partial charge on any atom is 4.00 e. The van der Waals surface area contributed by atoms with Crippen molar-refractivity contribution in [1.82, 2.24) is 0 Å². The van der Waals surface area contributed by atoms with Gasteiger partial charge in [0.25, 0.3) is 0 Å². The topological polar surface area (TPSA) is 86.2 Å². The van der Waals surface area contributed by atoms with Gasteiger partial charge >= 0.3 is 62.2 Å². The normalized spacial score (nSPS) is 6.56. The minimum Gasteiger partial charge on any atom is -0.822 e. The summed E-state index contributed by atoms with van der Waals surface area (Å²) >= 11 is 0. The first-order chi connectivity index (χ1) is 2.00. The Morgan fingerprint density at radius 2 is 1.00 bits per heavy atom. The van der Waals surface area contributed by atoms with E-state index in [1.807, 2.05) is 0 Å². The van der Waals surface area contributed by atoms with Gasteiger partial charge in [-0.3, -0.25) is 0 Å². The minimum absolute atomic E-state index is 0. The van der Waals surface area contributed by atoms with Crippen LogP contribution in [0.5, 0.6) is 0 Å². The second kappa shape index (κ2) is 12.5. The second-order valence-electron chi connectivity index (χ2n) is 0.447. The largest absolute Gasteiger partial charge is 4.00 e. The van der Waals surface area contributed by atoms with E-state index in [0.717, 1.165) is 0 Å². The molecule has 0 aromatic carbocycles. The van der Waals surface area contributed by atoms with E-state index in [1.54, 1.807) is 0 Å². The third-order valence-corrected chi connectivity index (χ3v) is 0. The van der Waals surface area contributed by atoms with Crippen LogP contribution in [-0.2, 0) is 21.6 Å². The first kappa shape index (κ1) is 30.8.